The number of likely N-dealkylation sites (tertiary alicyclic amines) is 1. The minimum Gasteiger partial charge on any atom is -0.497 e. The number of hydrogen-bond acceptors (Lipinski definition) is 5. The van der Waals surface area contributed by atoms with E-state index in [-0.39, 0.29) is 11.8 Å². The molecule has 1 amide bonds. The molecule has 1 aliphatic heterocycles. The van der Waals surface area contributed by atoms with Crippen molar-refractivity contribution in [2.45, 2.75) is 18.8 Å². The quantitative estimate of drug-likeness (QED) is 0.674. The Morgan fingerprint density at radius 2 is 2.04 bits per heavy atom. The number of piperidine rings is 1. The maximum atomic E-state index is 13.2. The van der Waals surface area contributed by atoms with Gasteiger partial charge in [0.25, 0.3) is 5.91 Å². The van der Waals surface area contributed by atoms with Crippen molar-refractivity contribution in [2.75, 3.05) is 27.3 Å². The molecule has 1 atom stereocenters. The van der Waals surface area contributed by atoms with E-state index < -0.39 is 0 Å². The van der Waals surface area contributed by atoms with Gasteiger partial charge in [0.2, 0.25) is 0 Å². The van der Waals surface area contributed by atoms with Gasteiger partial charge in [-0.3, -0.25) is 4.79 Å². The average Bonchev–Trinajstić information content (AvgIpc) is 3.17. The number of amides is 1. The van der Waals surface area contributed by atoms with Gasteiger partial charge in [-0.1, -0.05) is 12.1 Å². The molecule has 1 fully saturated rings. The predicted molar refractivity (Wildman–Crippen MR) is 107 cm³/mol. The van der Waals surface area contributed by atoms with Crippen molar-refractivity contribution in [3.63, 3.8) is 0 Å². The van der Waals surface area contributed by atoms with Crippen LogP contribution in [0.15, 0.2) is 42.5 Å². The predicted octanol–water partition coefficient (Wildman–Crippen LogP) is 4.33. The van der Waals surface area contributed by atoms with Crippen LogP contribution in [0.1, 0.15) is 34.1 Å². The van der Waals surface area contributed by atoms with Gasteiger partial charge in [-0.15, -0.1) is 11.3 Å². The molecular formula is C21H22N2O3S. The number of nitrogens with zero attached hydrogens (tertiary/aromatic N) is 2. The van der Waals surface area contributed by atoms with Crippen LogP contribution >= 0.6 is 11.3 Å². The number of ether oxygens (including phenoxy) is 2. The molecule has 0 aliphatic carbocycles. The SMILES string of the molecule is COc1ccc(OC)c(C(=O)N2CCC[C@H](c3nc4ccccc4s3)C2)c1. The van der Waals surface area contributed by atoms with Gasteiger partial charge in [-0.2, -0.15) is 0 Å². The van der Waals surface area contributed by atoms with E-state index in [1.807, 2.05) is 23.1 Å². The third-order valence-electron chi connectivity index (χ3n) is 5.01. The summed E-state index contributed by atoms with van der Waals surface area (Å²) in [6, 6.07) is 13.5. The number of aromatic nitrogens is 1. The standard InChI is InChI=1S/C21H22N2O3S/c1-25-15-9-10-18(26-2)16(12-15)21(24)23-11-5-6-14(13-23)20-22-17-7-3-4-8-19(17)27-20/h3-4,7-10,12,14H,5-6,11,13H2,1-2H3/t14-/m0/s1. The van der Waals surface area contributed by atoms with Crippen LogP contribution in [-0.4, -0.2) is 43.1 Å². The summed E-state index contributed by atoms with van der Waals surface area (Å²) in [6.45, 7) is 1.43. The van der Waals surface area contributed by atoms with E-state index in [2.05, 4.69) is 6.07 Å². The number of methoxy groups -OCH3 is 2. The van der Waals surface area contributed by atoms with Crippen LogP contribution in [0.2, 0.25) is 0 Å². The zero-order valence-corrected chi connectivity index (χ0v) is 16.3. The smallest absolute Gasteiger partial charge is 0.257 e. The number of carbonyl (C=O) groups is 1. The summed E-state index contributed by atoms with van der Waals surface area (Å²) in [6.07, 6.45) is 2.03. The molecule has 3 aromatic rings. The zero-order valence-electron chi connectivity index (χ0n) is 15.5. The third-order valence-corrected chi connectivity index (χ3v) is 6.20. The molecule has 2 heterocycles. The molecule has 0 unspecified atom stereocenters. The Morgan fingerprint density at radius 3 is 2.81 bits per heavy atom. The second-order valence-corrected chi connectivity index (χ2v) is 7.74. The van der Waals surface area contributed by atoms with E-state index in [4.69, 9.17) is 14.5 Å². The Bertz CT molecular complexity index is 936. The summed E-state index contributed by atoms with van der Waals surface area (Å²) in [5, 5.41) is 1.12. The van der Waals surface area contributed by atoms with Crippen LogP contribution < -0.4 is 9.47 Å². The molecule has 1 saturated heterocycles. The highest BCUT2D eigenvalue weighted by Crippen LogP contribution is 2.34. The Morgan fingerprint density at radius 1 is 1.19 bits per heavy atom. The van der Waals surface area contributed by atoms with E-state index in [1.165, 1.54) is 4.70 Å². The van der Waals surface area contributed by atoms with E-state index in [1.54, 1.807) is 43.8 Å². The maximum Gasteiger partial charge on any atom is 0.257 e. The van der Waals surface area contributed by atoms with Gasteiger partial charge in [0, 0.05) is 19.0 Å². The summed E-state index contributed by atoms with van der Waals surface area (Å²) in [5.41, 5.74) is 1.58. The van der Waals surface area contributed by atoms with Crippen LogP contribution in [0, 0.1) is 0 Å². The summed E-state index contributed by atoms with van der Waals surface area (Å²) >= 11 is 1.73. The van der Waals surface area contributed by atoms with Crippen LogP contribution in [0.4, 0.5) is 0 Å². The van der Waals surface area contributed by atoms with Crippen LogP contribution in [0.3, 0.4) is 0 Å². The maximum absolute atomic E-state index is 13.2. The fraction of sp³-hybridized carbons (Fsp3) is 0.333. The van der Waals surface area contributed by atoms with Gasteiger partial charge < -0.3 is 14.4 Å². The second-order valence-electron chi connectivity index (χ2n) is 6.68. The molecule has 0 bridgehead atoms. The fourth-order valence-electron chi connectivity index (χ4n) is 3.58. The number of carbonyl (C=O) groups excluding carboxylic acids is 1. The minimum atomic E-state index is -0.0171. The average molecular weight is 382 g/mol. The van der Waals surface area contributed by atoms with Crippen LogP contribution in [0.5, 0.6) is 11.5 Å². The van der Waals surface area contributed by atoms with Gasteiger partial charge >= 0.3 is 0 Å². The van der Waals surface area contributed by atoms with Crippen molar-refractivity contribution < 1.29 is 14.3 Å². The lowest BCUT2D eigenvalue weighted by molar-refractivity contribution is 0.0703. The molecule has 1 aromatic heterocycles. The van der Waals surface area contributed by atoms with Gasteiger partial charge in [-0.25, -0.2) is 4.98 Å². The minimum absolute atomic E-state index is 0.0171. The van der Waals surface area contributed by atoms with Crippen molar-refractivity contribution in [1.29, 1.82) is 0 Å². The number of benzene rings is 2. The molecule has 0 radical (unpaired) electrons. The highest BCUT2D eigenvalue weighted by molar-refractivity contribution is 7.18. The van der Waals surface area contributed by atoms with Crippen molar-refractivity contribution in [2.24, 2.45) is 0 Å². The summed E-state index contributed by atoms with van der Waals surface area (Å²) in [4.78, 5) is 19.9. The molecule has 140 valence electrons. The summed E-state index contributed by atoms with van der Waals surface area (Å²) in [5.74, 6) is 1.48. The number of hydrogen-bond donors (Lipinski definition) is 0. The van der Waals surface area contributed by atoms with Crippen LogP contribution in [-0.2, 0) is 0 Å². The van der Waals surface area contributed by atoms with Crippen molar-refractivity contribution >= 4 is 27.5 Å². The Kier molecular flexibility index (Phi) is 4.99. The molecule has 0 spiro atoms. The zero-order chi connectivity index (χ0) is 18.8. The molecule has 6 heteroatoms. The Balaban J connectivity index is 1.58. The molecule has 5 nitrogen and oxygen atoms in total. The van der Waals surface area contributed by atoms with Crippen LogP contribution in [0.25, 0.3) is 10.2 Å². The number of thiazole rings is 1. The van der Waals surface area contributed by atoms with Crippen molar-refractivity contribution in [3.8, 4) is 11.5 Å². The van der Waals surface area contributed by atoms with Crippen molar-refractivity contribution in [1.82, 2.24) is 9.88 Å². The molecule has 4 rings (SSSR count). The van der Waals surface area contributed by atoms with Gasteiger partial charge in [-0.05, 0) is 43.2 Å². The topological polar surface area (TPSA) is 51.7 Å². The number of fused-ring (bicyclic) bond motifs is 1. The molecule has 0 saturated carbocycles. The monoisotopic (exact) mass is 382 g/mol. The lowest BCUT2D eigenvalue weighted by Gasteiger charge is -2.32. The Labute approximate surface area is 162 Å². The van der Waals surface area contributed by atoms with E-state index in [9.17, 15) is 4.79 Å². The molecule has 0 N–H and O–H groups in total. The van der Waals surface area contributed by atoms with E-state index in [0.29, 0.717) is 23.6 Å². The molecular weight excluding hydrogens is 360 g/mol. The summed E-state index contributed by atoms with van der Waals surface area (Å²) in [7, 11) is 3.18. The first-order valence-electron chi connectivity index (χ1n) is 9.06. The lowest BCUT2D eigenvalue weighted by Crippen LogP contribution is -2.39. The first-order valence-corrected chi connectivity index (χ1v) is 9.88. The van der Waals surface area contributed by atoms with E-state index in [0.717, 1.165) is 29.9 Å². The highest BCUT2D eigenvalue weighted by Gasteiger charge is 2.29. The van der Waals surface area contributed by atoms with Crippen molar-refractivity contribution in [3.05, 3.63) is 53.0 Å². The van der Waals surface area contributed by atoms with Gasteiger partial charge in [0.1, 0.15) is 11.5 Å². The fourth-order valence-corrected chi connectivity index (χ4v) is 4.67. The van der Waals surface area contributed by atoms with Gasteiger partial charge in [0.05, 0.1) is 35.0 Å². The number of rotatable bonds is 4. The molecule has 2 aromatic carbocycles. The number of para-hydroxylation sites is 1. The van der Waals surface area contributed by atoms with Gasteiger partial charge in [0.15, 0.2) is 0 Å². The normalized spacial score (nSPS) is 17.1. The third kappa shape index (κ3) is 3.49. The molecule has 1 aliphatic rings. The highest BCUT2D eigenvalue weighted by atomic mass is 32.1. The lowest BCUT2D eigenvalue weighted by atomic mass is 9.98. The summed E-state index contributed by atoms with van der Waals surface area (Å²) < 4.78 is 11.9. The largest absolute Gasteiger partial charge is 0.497 e. The second kappa shape index (κ2) is 7.56. The first kappa shape index (κ1) is 17.8. The van der Waals surface area contributed by atoms with E-state index >= 15 is 0 Å². The Hall–Kier alpha value is -2.60. The molecule has 27 heavy (non-hydrogen) atoms. The first-order chi connectivity index (χ1) is 13.2.